The van der Waals surface area contributed by atoms with E-state index in [1.54, 1.807) is 0 Å². The molecule has 2 amide bonds. The Morgan fingerprint density at radius 1 is 0.909 bits per heavy atom. The summed E-state index contributed by atoms with van der Waals surface area (Å²) < 4.78 is 0. The molecule has 2 aromatic rings. The van der Waals surface area contributed by atoms with Crippen LogP contribution in [0.1, 0.15) is 11.1 Å². The minimum Gasteiger partial charge on any atom is -0.348 e. The Bertz CT molecular complexity index is 661. The first-order valence-corrected chi connectivity index (χ1v) is 7.01. The molecule has 0 heterocycles. The molecule has 4 heteroatoms. The van der Waals surface area contributed by atoms with Crippen LogP contribution in [0.2, 0.25) is 0 Å². The number of carbonyl (C=O) groups excluding carboxylic acids is 2. The highest BCUT2D eigenvalue weighted by atomic mass is 16.2. The Kier molecular flexibility index (Phi) is 5.49. The molecule has 0 aliphatic carbocycles. The topological polar surface area (TPSA) is 58.2 Å². The molecule has 0 saturated heterocycles. The summed E-state index contributed by atoms with van der Waals surface area (Å²) in [4.78, 5) is 23.3. The number of anilines is 1. The third kappa shape index (κ3) is 5.25. The smallest absolute Gasteiger partial charge is 0.248 e. The van der Waals surface area contributed by atoms with Crippen molar-refractivity contribution in [1.82, 2.24) is 5.32 Å². The minimum atomic E-state index is -0.335. The number of carbonyl (C=O) groups is 2. The fourth-order valence-electron chi connectivity index (χ4n) is 1.82. The standard InChI is InChI=1S/C18H18N2O2/c1-14-7-9-16(10-8-14)20-18(22)12-11-17(21)19-13-15-5-3-2-4-6-15/h2-12H,13H2,1H3,(H,19,21)(H,20,22)/b12-11-. The van der Waals surface area contributed by atoms with E-state index in [0.717, 1.165) is 11.1 Å². The number of benzene rings is 2. The molecule has 0 aliphatic rings. The third-order valence-electron chi connectivity index (χ3n) is 3.01. The van der Waals surface area contributed by atoms with Gasteiger partial charge in [-0.15, -0.1) is 0 Å². The lowest BCUT2D eigenvalue weighted by atomic mass is 10.2. The predicted molar refractivity (Wildman–Crippen MR) is 87.2 cm³/mol. The van der Waals surface area contributed by atoms with Crippen LogP contribution in [0.15, 0.2) is 66.7 Å². The number of amides is 2. The van der Waals surface area contributed by atoms with E-state index in [-0.39, 0.29) is 11.8 Å². The summed E-state index contributed by atoms with van der Waals surface area (Å²) in [7, 11) is 0. The van der Waals surface area contributed by atoms with E-state index in [1.165, 1.54) is 12.2 Å². The predicted octanol–water partition coefficient (Wildman–Crippen LogP) is 2.81. The molecule has 0 radical (unpaired) electrons. The van der Waals surface area contributed by atoms with Gasteiger partial charge in [0, 0.05) is 24.4 Å². The van der Waals surface area contributed by atoms with Crippen molar-refractivity contribution in [2.75, 3.05) is 5.32 Å². The van der Waals surface area contributed by atoms with Gasteiger partial charge in [-0.2, -0.15) is 0 Å². The lowest BCUT2D eigenvalue weighted by Gasteiger charge is -2.03. The maximum atomic E-state index is 11.7. The monoisotopic (exact) mass is 294 g/mol. The van der Waals surface area contributed by atoms with Gasteiger partial charge in [-0.1, -0.05) is 48.0 Å². The summed E-state index contributed by atoms with van der Waals surface area (Å²) in [5.41, 5.74) is 2.83. The zero-order valence-electron chi connectivity index (χ0n) is 12.4. The highest BCUT2D eigenvalue weighted by molar-refractivity contribution is 6.03. The van der Waals surface area contributed by atoms with Gasteiger partial charge in [-0.25, -0.2) is 0 Å². The average Bonchev–Trinajstić information content (AvgIpc) is 2.54. The van der Waals surface area contributed by atoms with Gasteiger partial charge in [-0.3, -0.25) is 9.59 Å². The SMILES string of the molecule is Cc1ccc(NC(=O)/C=C\C(=O)NCc2ccccc2)cc1. The molecule has 0 fully saturated rings. The van der Waals surface area contributed by atoms with Gasteiger partial charge in [0.25, 0.3) is 0 Å². The van der Waals surface area contributed by atoms with Crippen molar-refractivity contribution in [3.8, 4) is 0 Å². The summed E-state index contributed by atoms with van der Waals surface area (Å²) in [5, 5.41) is 5.41. The van der Waals surface area contributed by atoms with Crippen LogP contribution < -0.4 is 10.6 Å². The van der Waals surface area contributed by atoms with Crippen LogP contribution in [0.25, 0.3) is 0 Å². The number of nitrogens with one attached hydrogen (secondary N) is 2. The van der Waals surface area contributed by atoms with Gasteiger partial charge in [0.15, 0.2) is 0 Å². The second kappa shape index (κ2) is 7.78. The molecule has 4 nitrogen and oxygen atoms in total. The second-order valence-corrected chi connectivity index (χ2v) is 4.89. The molecule has 2 rings (SSSR count). The van der Waals surface area contributed by atoms with Gasteiger partial charge in [0.1, 0.15) is 0 Å². The normalized spacial score (nSPS) is 10.4. The molecular weight excluding hydrogens is 276 g/mol. The molecule has 0 unspecified atom stereocenters. The molecule has 0 aliphatic heterocycles. The highest BCUT2D eigenvalue weighted by Gasteiger charge is 2.00. The molecule has 0 aromatic heterocycles. The van der Waals surface area contributed by atoms with Crippen LogP contribution in [0.4, 0.5) is 5.69 Å². The van der Waals surface area contributed by atoms with E-state index in [2.05, 4.69) is 10.6 Å². The molecule has 0 spiro atoms. The molecular formula is C18H18N2O2. The first kappa shape index (κ1) is 15.5. The maximum Gasteiger partial charge on any atom is 0.248 e. The second-order valence-electron chi connectivity index (χ2n) is 4.89. The van der Waals surface area contributed by atoms with Crippen molar-refractivity contribution in [2.24, 2.45) is 0 Å². The number of hydrogen-bond donors (Lipinski definition) is 2. The molecule has 2 aromatic carbocycles. The van der Waals surface area contributed by atoms with Crippen molar-refractivity contribution in [2.45, 2.75) is 13.5 Å². The maximum absolute atomic E-state index is 11.7. The lowest BCUT2D eigenvalue weighted by molar-refractivity contribution is -0.117. The van der Waals surface area contributed by atoms with Crippen molar-refractivity contribution in [3.05, 3.63) is 77.9 Å². The summed E-state index contributed by atoms with van der Waals surface area (Å²) >= 11 is 0. The van der Waals surface area contributed by atoms with Crippen LogP contribution in [0, 0.1) is 6.92 Å². The molecule has 112 valence electrons. The van der Waals surface area contributed by atoms with Crippen LogP contribution >= 0.6 is 0 Å². The Balaban J connectivity index is 1.79. The van der Waals surface area contributed by atoms with E-state index in [0.29, 0.717) is 12.2 Å². The first-order chi connectivity index (χ1) is 10.6. The van der Waals surface area contributed by atoms with E-state index < -0.39 is 0 Å². The number of rotatable bonds is 5. The molecule has 0 atom stereocenters. The Hall–Kier alpha value is -2.88. The quantitative estimate of drug-likeness (QED) is 0.833. The van der Waals surface area contributed by atoms with Crippen molar-refractivity contribution in [3.63, 3.8) is 0 Å². The van der Waals surface area contributed by atoms with Crippen LogP contribution in [-0.4, -0.2) is 11.8 Å². The van der Waals surface area contributed by atoms with Gasteiger partial charge in [-0.05, 0) is 24.6 Å². The van der Waals surface area contributed by atoms with Gasteiger partial charge < -0.3 is 10.6 Å². The minimum absolute atomic E-state index is 0.303. The zero-order chi connectivity index (χ0) is 15.8. The molecule has 0 bridgehead atoms. The fraction of sp³-hybridized carbons (Fsp3) is 0.111. The molecule has 0 saturated carbocycles. The Labute approximate surface area is 129 Å². The number of hydrogen-bond acceptors (Lipinski definition) is 2. The zero-order valence-corrected chi connectivity index (χ0v) is 12.4. The summed E-state index contributed by atoms with van der Waals surface area (Å²) in [5.74, 6) is -0.637. The lowest BCUT2D eigenvalue weighted by Crippen LogP contribution is -2.21. The van der Waals surface area contributed by atoms with Gasteiger partial charge in [0.05, 0.1) is 0 Å². The first-order valence-electron chi connectivity index (χ1n) is 7.01. The molecule has 22 heavy (non-hydrogen) atoms. The van der Waals surface area contributed by atoms with Gasteiger partial charge >= 0.3 is 0 Å². The molecule has 2 N–H and O–H groups in total. The van der Waals surface area contributed by atoms with Crippen LogP contribution in [0.3, 0.4) is 0 Å². The Morgan fingerprint density at radius 2 is 1.55 bits per heavy atom. The number of aryl methyl sites for hydroxylation is 1. The third-order valence-corrected chi connectivity index (χ3v) is 3.01. The summed E-state index contributed by atoms with van der Waals surface area (Å²) in [6.45, 7) is 2.41. The average molecular weight is 294 g/mol. The van der Waals surface area contributed by atoms with Crippen molar-refractivity contribution < 1.29 is 9.59 Å². The highest BCUT2D eigenvalue weighted by Crippen LogP contribution is 2.08. The van der Waals surface area contributed by atoms with Crippen LogP contribution in [0.5, 0.6) is 0 Å². The largest absolute Gasteiger partial charge is 0.348 e. The van der Waals surface area contributed by atoms with E-state index in [1.807, 2.05) is 61.5 Å². The summed E-state index contributed by atoms with van der Waals surface area (Å²) in [6.07, 6.45) is 2.45. The van der Waals surface area contributed by atoms with Crippen molar-refractivity contribution in [1.29, 1.82) is 0 Å². The Morgan fingerprint density at radius 3 is 2.23 bits per heavy atom. The van der Waals surface area contributed by atoms with E-state index >= 15 is 0 Å². The fourth-order valence-corrected chi connectivity index (χ4v) is 1.82. The van der Waals surface area contributed by atoms with E-state index in [4.69, 9.17) is 0 Å². The van der Waals surface area contributed by atoms with Crippen molar-refractivity contribution >= 4 is 17.5 Å². The van der Waals surface area contributed by atoms with Crippen LogP contribution in [-0.2, 0) is 16.1 Å². The van der Waals surface area contributed by atoms with E-state index in [9.17, 15) is 9.59 Å². The van der Waals surface area contributed by atoms with Gasteiger partial charge in [0.2, 0.25) is 11.8 Å². The summed E-state index contributed by atoms with van der Waals surface area (Å²) in [6, 6.07) is 17.0.